The molecule has 25 heavy (non-hydrogen) atoms. The fourth-order valence-corrected chi connectivity index (χ4v) is 2.78. The van der Waals surface area contributed by atoms with Gasteiger partial charge in [0.15, 0.2) is 5.82 Å². The molecule has 1 unspecified atom stereocenters. The van der Waals surface area contributed by atoms with E-state index in [0.29, 0.717) is 29.6 Å². The first kappa shape index (κ1) is 17.3. The van der Waals surface area contributed by atoms with Crippen molar-refractivity contribution in [3.05, 3.63) is 35.6 Å². The number of amides is 1. The lowest BCUT2D eigenvalue weighted by molar-refractivity contribution is 0.0692. The van der Waals surface area contributed by atoms with Crippen LogP contribution in [0.1, 0.15) is 54.8 Å². The zero-order chi connectivity index (χ0) is 18.0. The van der Waals surface area contributed by atoms with Crippen molar-refractivity contribution in [3.63, 3.8) is 0 Å². The summed E-state index contributed by atoms with van der Waals surface area (Å²) in [5.41, 5.74) is 0.448. The highest BCUT2D eigenvalue weighted by molar-refractivity contribution is 5.94. The molecule has 2 aromatic heterocycles. The summed E-state index contributed by atoms with van der Waals surface area (Å²) in [7, 11) is 0. The SMILES string of the molecule is CCC(C)Oc1cc(C(=O)N2C[C@H](O)C[C@@H]2c2nc(C)no2)ccn1. The number of carbonyl (C=O) groups is 1. The lowest BCUT2D eigenvalue weighted by Gasteiger charge is -2.22. The van der Waals surface area contributed by atoms with Gasteiger partial charge in [-0.05, 0) is 26.3 Å². The normalized spacial score (nSPS) is 21.4. The van der Waals surface area contributed by atoms with Crippen LogP contribution < -0.4 is 4.74 Å². The summed E-state index contributed by atoms with van der Waals surface area (Å²) in [6.07, 6.45) is 2.15. The van der Waals surface area contributed by atoms with Crippen molar-refractivity contribution in [3.8, 4) is 5.88 Å². The van der Waals surface area contributed by atoms with Crippen molar-refractivity contribution in [2.75, 3.05) is 6.54 Å². The molecule has 2 aromatic rings. The number of nitrogens with zero attached hydrogens (tertiary/aromatic N) is 4. The number of ether oxygens (including phenoxy) is 1. The molecule has 1 aliphatic rings. The molecule has 134 valence electrons. The first-order valence-electron chi connectivity index (χ1n) is 8.39. The van der Waals surface area contributed by atoms with Crippen LogP contribution in [0.5, 0.6) is 5.88 Å². The third-order valence-electron chi connectivity index (χ3n) is 4.25. The van der Waals surface area contributed by atoms with E-state index in [2.05, 4.69) is 15.1 Å². The molecular formula is C17H22N4O4. The maximum atomic E-state index is 12.9. The third kappa shape index (κ3) is 3.79. The Morgan fingerprint density at radius 1 is 1.56 bits per heavy atom. The Bertz CT molecular complexity index is 748. The van der Waals surface area contributed by atoms with Crippen LogP contribution in [-0.4, -0.2) is 49.8 Å². The number of β-amino-alcohol motifs (C(OH)–C–C–N with tert-alkyl or cyclic N) is 1. The van der Waals surface area contributed by atoms with Crippen LogP contribution in [0, 0.1) is 6.92 Å². The van der Waals surface area contributed by atoms with Gasteiger partial charge in [-0.2, -0.15) is 4.98 Å². The van der Waals surface area contributed by atoms with Crippen LogP contribution in [0.25, 0.3) is 0 Å². The van der Waals surface area contributed by atoms with Gasteiger partial charge in [-0.15, -0.1) is 0 Å². The van der Waals surface area contributed by atoms with Crippen LogP contribution >= 0.6 is 0 Å². The predicted molar refractivity (Wildman–Crippen MR) is 88.1 cm³/mol. The third-order valence-corrected chi connectivity index (χ3v) is 4.25. The average Bonchev–Trinajstić information content (AvgIpc) is 3.20. The zero-order valence-corrected chi connectivity index (χ0v) is 14.5. The van der Waals surface area contributed by atoms with Crippen molar-refractivity contribution in [1.82, 2.24) is 20.0 Å². The van der Waals surface area contributed by atoms with Crippen molar-refractivity contribution < 1.29 is 19.2 Å². The first-order valence-corrected chi connectivity index (χ1v) is 8.39. The number of pyridine rings is 1. The van der Waals surface area contributed by atoms with Crippen LogP contribution in [0.4, 0.5) is 0 Å². The van der Waals surface area contributed by atoms with Gasteiger partial charge in [-0.3, -0.25) is 4.79 Å². The van der Waals surface area contributed by atoms with E-state index in [-0.39, 0.29) is 18.6 Å². The zero-order valence-electron chi connectivity index (χ0n) is 14.5. The molecule has 8 heteroatoms. The Hall–Kier alpha value is -2.48. The van der Waals surface area contributed by atoms with Gasteiger partial charge in [-0.1, -0.05) is 12.1 Å². The Morgan fingerprint density at radius 2 is 2.36 bits per heavy atom. The molecule has 0 aliphatic carbocycles. The largest absolute Gasteiger partial charge is 0.475 e. The van der Waals surface area contributed by atoms with Crippen molar-refractivity contribution in [1.29, 1.82) is 0 Å². The van der Waals surface area contributed by atoms with Gasteiger partial charge in [0.25, 0.3) is 5.91 Å². The second-order valence-electron chi connectivity index (χ2n) is 6.26. The highest BCUT2D eigenvalue weighted by atomic mass is 16.5. The smallest absolute Gasteiger partial charge is 0.254 e. The number of likely N-dealkylation sites (tertiary alicyclic amines) is 1. The summed E-state index contributed by atoms with van der Waals surface area (Å²) >= 11 is 0. The summed E-state index contributed by atoms with van der Waals surface area (Å²) in [5, 5.41) is 13.8. The number of aliphatic hydroxyl groups excluding tert-OH is 1. The second-order valence-corrected chi connectivity index (χ2v) is 6.26. The van der Waals surface area contributed by atoms with Gasteiger partial charge in [-0.25, -0.2) is 4.98 Å². The Morgan fingerprint density at radius 3 is 3.04 bits per heavy atom. The summed E-state index contributed by atoms with van der Waals surface area (Å²) < 4.78 is 10.9. The van der Waals surface area contributed by atoms with Gasteiger partial charge >= 0.3 is 0 Å². The monoisotopic (exact) mass is 346 g/mol. The van der Waals surface area contributed by atoms with Gasteiger partial charge in [0.05, 0.1) is 12.2 Å². The number of rotatable bonds is 5. The van der Waals surface area contributed by atoms with Crippen LogP contribution in [0.2, 0.25) is 0 Å². The summed E-state index contributed by atoms with van der Waals surface area (Å²) in [5.74, 6) is 1.02. The number of aryl methyl sites for hydroxylation is 1. The van der Waals surface area contributed by atoms with Crippen LogP contribution in [0.15, 0.2) is 22.9 Å². The summed E-state index contributed by atoms with van der Waals surface area (Å²) in [6, 6.07) is 2.82. The quantitative estimate of drug-likeness (QED) is 0.882. The highest BCUT2D eigenvalue weighted by Crippen LogP contribution is 2.32. The predicted octanol–water partition coefficient (Wildman–Crippen LogP) is 1.90. The molecule has 0 saturated carbocycles. The first-order chi connectivity index (χ1) is 12.0. The number of aliphatic hydroxyl groups is 1. The van der Waals surface area contributed by atoms with Crippen molar-refractivity contribution >= 4 is 5.91 Å². The van der Waals surface area contributed by atoms with E-state index in [1.54, 1.807) is 30.2 Å². The highest BCUT2D eigenvalue weighted by Gasteiger charge is 2.39. The molecule has 8 nitrogen and oxygen atoms in total. The fourth-order valence-electron chi connectivity index (χ4n) is 2.78. The molecule has 1 aliphatic heterocycles. The van der Waals surface area contributed by atoms with E-state index in [4.69, 9.17) is 9.26 Å². The van der Waals surface area contributed by atoms with Gasteiger partial charge in [0, 0.05) is 30.8 Å². The molecule has 0 aromatic carbocycles. The Labute approximate surface area is 145 Å². The minimum atomic E-state index is -0.626. The topological polar surface area (TPSA) is 102 Å². The minimum Gasteiger partial charge on any atom is -0.475 e. The standard InChI is InChI=1S/C17H22N4O4/c1-4-10(2)24-15-7-12(5-6-18-15)17(23)21-9-13(22)8-14(21)16-19-11(3)20-25-16/h5-7,10,13-14,22H,4,8-9H2,1-3H3/t10?,13-,14-/m1/s1. The van der Waals surface area contributed by atoms with Gasteiger partial charge in [0.2, 0.25) is 11.8 Å². The van der Waals surface area contributed by atoms with Gasteiger partial charge in [0.1, 0.15) is 6.04 Å². The lowest BCUT2D eigenvalue weighted by Crippen LogP contribution is -2.32. The molecule has 3 heterocycles. The average molecular weight is 346 g/mol. The molecule has 3 rings (SSSR count). The van der Waals surface area contributed by atoms with Crippen molar-refractivity contribution in [2.24, 2.45) is 0 Å². The fraction of sp³-hybridized carbons (Fsp3) is 0.529. The van der Waals surface area contributed by atoms with Crippen molar-refractivity contribution in [2.45, 2.75) is 51.9 Å². The Kier molecular flexibility index (Phi) is 4.98. The molecule has 1 saturated heterocycles. The van der Waals surface area contributed by atoms with E-state index < -0.39 is 12.1 Å². The minimum absolute atomic E-state index is 0.0144. The molecular weight excluding hydrogens is 324 g/mol. The molecule has 1 fully saturated rings. The number of hydrogen-bond donors (Lipinski definition) is 1. The maximum Gasteiger partial charge on any atom is 0.254 e. The van der Waals surface area contributed by atoms with E-state index in [0.717, 1.165) is 6.42 Å². The Balaban J connectivity index is 1.82. The second kappa shape index (κ2) is 7.18. The van der Waals surface area contributed by atoms with Crippen LogP contribution in [-0.2, 0) is 0 Å². The van der Waals surface area contributed by atoms with E-state index in [9.17, 15) is 9.90 Å². The van der Waals surface area contributed by atoms with Crippen LogP contribution in [0.3, 0.4) is 0 Å². The number of aromatic nitrogens is 3. The van der Waals surface area contributed by atoms with E-state index in [1.807, 2.05) is 13.8 Å². The molecule has 1 amide bonds. The molecule has 0 spiro atoms. The number of carbonyl (C=O) groups excluding carboxylic acids is 1. The summed E-state index contributed by atoms with van der Waals surface area (Å²) in [6.45, 7) is 5.89. The summed E-state index contributed by atoms with van der Waals surface area (Å²) in [4.78, 5) is 22.8. The molecule has 0 radical (unpaired) electrons. The number of hydrogen-bond acceptors (Lipinski definition) is 7. The molecule has 1 N–H and O–H groups in total. The molecule has 3 atom stereocenters. The van der Waals surface area contributed by atoms with Gasteiger partial charge < -0.3 is 19.3 Å². The van der Waals surface area contributed by atoms with E-state index >= 15 is 0 Å². The van der Waals surface area contributed by atoms with E-state index in [1.165, 1.54) is 0 Å². The molecule has 0 bridgehead atoms. The lowest BCUT2D eigenvalue weighted by atomic mass is 10.2. The maximum absolute atomic E-state index is 12.9.